The van der Waals surface area contributed by atoms with Crippen molar-refractivity contribution in [3.05, 3.63) is 39.7 Å². The molecule has 1 saturated carbocycles. The third-order valence-electron chi connectivity index (χ3n) is 3.21. The largest absolute Gasteiger partial charge is 0.381 e. The lowest BCUT2D eigenvalue weighted by Gasteiger charge is -2.06. The molecule has 0 heterocycles. The minimum atomic E-state index is -0.897. The first kappa shape index (κ1) is 15.4. The molecule has 1 fully saturated rings. The van der Waals surface area contributed by atoms with Crippen molar-refractivity contribution in [3.8, 4) is 0 Å². The molecule has 0 bridgehead atoms. The van der Waals surface area contributed by atoms with Crippen molar-refractivity contribution in [2.75, 3.05) is 19.8 Å². The van der Waals surface area contributed by atoms with Crippen LogP contribution in [-0.2, 0) is 4.74 Å². The van der Waals surface area contributed by atoms with Gasteiger partial charge in [-0.1, -0.05) is 0 Å². The lowest BCUT2D eigenvalue weighted by molar-refractivity contribution is -0.385. The van der Waals surface area contributed by atoms with E-state index < -0.39 is 16.6 Å². The van der Waals surface area contributed by atoms with Crippen LogP contribution in [0.2, 0.25) is 0 Å². The van der Waals surface area contributed by atoms with Crippen LogP contribution in [0, 0.1) is 21.8 Å². The summed E-state index contributed by atoms with van der Waals surface area (Å²) < 4.78 is 19.0. The Balaban J connectivity index is 1.73. The average molecular weight is 296 g/mol. The zero-order chi connectivity index (χ0) is 15.2. The maximum atomic E-state index is 13.6. The normalized spacial score (nSPS) is 14.0. The lowest BCUT2D eigenvalue weighted by Crippen LogP contribution is -2.26. The molecule has 1 aliphatic rings. The van der Waals surface area contributed by atoms with E-state index in [0.717, 1.165) is 24.8 Å². The number of hydrogen-bond donors (Lipinski definition) is 1. The first-order chi connectivity index (χ1) is 10.1. The van der Waals surface area contributed by atoms with E-state index in [2.05, 4.69) is 5.32 Å². The highest BCUT2D eigenvalue weighted by Crippen LogP contribution is 2.28. The fraction of sp³-hybridized carbons (Fsp3) is 0.500. The standard InChI is InChI=1S/C14H17FN2O4/c15-13-8-11(17(19)20)4-5-12(13)14(18)16-6-1-7-21-9-10-2-3-10/h4-5,8,10H,1-3,6-7,9H2,(H,16,18). The van der Waals surface area contributed by atoms with E-state index in [1.54, 1.807) is 0 Å². The van der Waals surface area contributed by atoms with Crippen molar-refractivity contribution in [1.29, 1.82) is 0 Å². The van der Waals surface area contributed by atoms with Crippen molar-refractivity contribution in [2.24, 2.45) is 5.92 Å². The fourth-order valence-electron chi connectivity index (χ4n) is 1.81. The third-order valence-corrected chi connectivity index (χ3v) is 3.21. The highest BCUT2D eigenvalue weighted by Gasteiger charge is 2.21. The molecule has 6 nitrogen and oxygen atoms in total. The summed E-state index contributed by atoms with van der Waals surface area (Å²) >= 11 is 0. The van der Waals surface area contributed by atoms with Gasteiger partial charge < -0.3 is 10.1 Å². The van der Waals surface area contributed by atoms with Crippen molar-refractivity contribution in [2.45, 2.75) is 19.3 Å². The van der Waals surface area contributed by atoms with Gasteiger partial charge in [-0.05, 0) is 31.2 Å². The number of carbonyl (C=O) groups excluding carboxylic acids is 1. The van der Waals surface area contributed by atoms with Gasteiger partial charge in [-0.3, -0.25) is 14.9 Å². The van der Waals surface area contributed by atoms with Crippen LogP contribution in [0.25, 0.3) is 0 Å². The van der Waals surface area contributed by atoms with Gasteiger partial charge in [-0.2, -0.15) is 0 Å². The molecular formula is C14H17FN2O4. The minimum absolute atomic E-state index is 0.195. The van der Waals surface area contributed by atoms with E-state index in [-0.39, 0.29) is 11.3 Å². The number of nitro groups is 1. The number of benzene rings is 1. The zero-order valence-corrected chi connectivity index (χ0v) is 11.5. The summed E-state index contributed by atoms with van der Waals surface area (Å²) in [4.78, 5) is 21.5. The molecule has 7 heteroatoms. The second-order valence-electron chi connectivity index (χ2n) is 5.05. The van der Waals surface area contributed by atoms with E-state index >= 15 is 0 Å². The monoisotopic (exact) mass is 296 g/mol. The Morgan fingerprint density at radius 3 is 2.86 bits per heavy atom. The summed E-state index contributed by atoms with van der Waals surface area (Å²) in [7, 11) is 0. The van der Waals surface area contributed by atoms with Crippen molar-refractivity contribution < 1.29 is 18.8 Å². The van der Waals surface area contributed by atoms with E-state index in [1.165, 1.54) is 12.8 Å². The number of amides is 1. The van der Waals surface area contributed by atoms with Gasteiger partial charge in [0.1, 0.15) is 5.82 Å². The topological polar surface area (TPSA) is 81.5 Å². The van der Waals surface area contributed by atoms with Gasteiger partial charge in [0.2, 0.25) is 0 Å². The Morgan fingerprint density at radius 1 is 1.48 bits per heavy atom. The van der Waals surface area contributed by atoms with Gasteiger partial charge in [0, 0.05) is 25.8 Å². The van der Waals surface area contributed by atoms with Gasteiger partial charge in [-0.15, -0.1) is 0 Å². The molecule has 114 valence electrons. The molecule has 2 rings (SSSR count). The molecule has 0 saturated heterocycles. The molecule has 1 amide bonds. The third kappa shape index (κ3) is 4.78. The summed E-state index contributed by atoms with van der Waals surface area (Å²) in [5, 5.41) is 13.0. The Labute approximate surface area is 121 Å². The zero-order valence-electron chi connectivity index (χ0n) is 11.5. The van der Waals surface area contributed by atoms with Crippen LogP contribution < -0.4 is 5.32 Å². The fourth-order valence-corrected chi connectivity index (χ4v) is 1.81. The Morgan fingerprint density at radius 2 is 2.24 bits per heavy atom. The van der Waals surface area contributed by atoms with Crippen molar-refractivity contribution in [1.82, 2.24) is 5.32 Å². The first-order valence-corrected chi connectivity index (χ1v) is 6.88. The molecule has 1 aromatic rings. The molecule has 0 atom stereocenters. The van der Waals surface area contributed by atoms with Crippen LogP contribution in [0.5, 0.6) is 0 Å². The number of halogens is 1. The van der Waals surface area contributed by atoms with Crippen LogP contribution in [0.4, 0.5) is 10.1 Å². The van der Waals surface area contributed by atoms with E-state index in [4.69, 9.17) is 4.74 Å². The van der Waals surface area contributed by atoms with Gasteiger partial charge >= 0.3 is 0 Å². The maximum Gasteiger partial charge on any atom is 0.272 e. The molecule has 0 unspecified atom stereocenters. The van der Waals surface area contributed by atoms with Crippen LogP contribution in [-0.4, -0.2) is 30.6 Å². The first-order valence-electron chi connectivity index (χ1n) is 6.88. The van der Waals surface area contributed by atoms with Crippen LogP contribution in [0.3, 0.4) is 0 Å². The van der Waals surface area contributed by atoms with Gasteiger partial charge in [0.05, 0.1) is 16.6 Å². The molecule has 0 radical (unpaired) electrons. The lowest BCUT2D eigenvalue weighted by atomic mass is 10.2. The Hall–Kier alpha value is -2.02. The number of non-ortho nitro benzene ring substituents is 1. The quantitative estimate of drug-likeness (QED) is 0.453. The summed E-state index contributed by atoms with van der Waals surface area (Å²) in [5.41, 5.74) is -0.572. The molecule has 0 aromatic heterocycles. The van der Waals surface area contributed by atoms with E-state index in [1.807, 2.05) is 0 Å². The second-order valence-corrected chi connectivity index (χ2v) is 5.05. The highest BCUT2D eigenvalue weighted by molar-refractivity contribution is 5.94. The van der Waals surface area contributed by atoms with Crippen LogP contribution in [0.1, 0.15) is 29.6 Å². The summed E-state index contributed by atoms with van der Waals surface area (Å²) in [6.45, 7) is 1.70. The molecule has 1 aliphatic carbocycles. The van der Waals surface area contributed by atoms with Crippen molar-refractivity contribution >= 4 is 11.6 Å². The number of hydrogen-bond acceptors (Lipinski definition) is 4. The average Bonchev–Trinajstić information content (AvgIpc) is 3.26. The molecule has 21 heavy (non-hydrogen) atoms. The van der Waals surface area contributed by atoms with E-state index in [0.29, 0.717) is 25.5 Å². The van der Waals surface area contributed by atoms with E-state index in [9.17, 15) is 19.3 Å². The van der Waals surface area contributed by atoms with Crippen LogP contribution >= 0.6 is 0 Å². The number of nitro benzene ring substituents is 1. The smallest absolute Gasteiger partial charge is 0.272 e. The number of nitrogens with zero attached hydrogens (tertiary/aromatic N) is 1. The number of nitrogens with one attached hydrogen (secondary N) is 1. The number of carbonyl (C=O) groups is 1. The molecule has 1 aromatic carbocycles. The predicted molar refractivity (Wildman–Crippen MR) is 73.5 cm³/mol. The molecule has 0 spiro atoms. The van der Waals surface area contributed by atoms with Gasteiger partial charge in [0.25, 0.3) is 11.6 Å². The van der Waals surface area contributed by atoms with Gasteiger partial charge in [0.15, 0.2) is 0 Å². The molecule has 0 aliphatic heterocycles. The highest BCUT2D eigenvalue weighted by atomic mass is 19.1. The van der Waals surface area contributed by atoms with Crippen LogP contribution in [0.15, 0.2) is 18.2 Å². The van der Waals surface area contributed by atoms with Gasteiger partial charge in [-0.25, -0.2) is 4.39 Å². The van der Waals surface area contributed by atoms with Crippen molar-refractivity contribution in [3.63, 3.8) is 0 Å². The molecule has 1 N–H and O–H groups in total. The summed E-state index contributed by atoms with van der Waals surface area (Å²) in [6, 6.07) is 2.97. The Bertz CT molecular complexity index is 532. The minimum Gasteiger partial charge on any atom is -0.381 e. The second kappa shape index (κ2) is 7.12. The Kier molecular flexibility index (Phi) is 5.21. The maximum absolute atomic E-state index is 13.6. The summed E-state index contributed by atoms with van der Waals surface area (Å²) in [6.07, 6.45) is 3.11. The number of ether oxygens (including phenoxy) is 1. The number of rotatable bonds is 8. The SMILES string of the molecule is O=C(NCCCOCC1CC1)c1ccc([N+](=O)[O-])cc1F. The summed E-state index contributed by atoms with van der Waals surface area (Å²) in [5.74, 6) is -0.773. The molecular weight excluding hydrogens is 279 g/mol. The predicted octanol–water partition coefficient (Wildman–Crippen LogP) is 2.28.